The third-order valence-electron chi connectivity index (χ3n) is 4.80. The predicted molar refractivity (Wildman–Crippen MR) is 110 cm³/mol. The second-order valence-electron chi connectivity index (χ2n) is 7.00. The lowest BCUT2D eigenvalue weighted by molar-refractivity contribution is 0.0697. The Kier molecular flexibility index (Phi) is 4.39. The van der Waals surface area contributed by atoms with E-state index in [1.54, 1.807) is 30.3 Å². The van der Waals surface area contributed by atoms with Gasteiger partial charge < -0.3 is 10.4 Å². The van der Waals surface area contributed by atoms with Crippen LogP contribution in [0, 0.1) is 13.8 Å². The molecule has 3 aromatic carbocycles. The average Bonchev–Trinajstić information content (AvgIpc) is 2.92. The molecule has 2 amide bonds. The van der Waals surface area contributed by atoms with E-state index in [4.69, 9.17) is 0 Å². The quantitative estimate of drug-likeness (QED) is 0.643. The third-order valence-corrected chi connectivity index (χ3v) is 4.80. The molecule has 3 aromatic rings. The molecule has 4 rings (SSSR count). The zero-order valence-corrected chi connectivity index (χ0v) is 15.9. The van der Waals surface area contributed by atoms with E-state index in [1.165, 1.54) is 12.1 Å². The number of aryl methyl sites for hydroxylation is 2. The minimum Gasteiger partial charge on any atom is -0.478 e. The van der Waals surface area contributed by atoms with Gasteiger partial charge in [-0.25, -0.2) is 9.69 Å². The summed E-state index contributed by atoms with van der Waals surface area (Å²) in [5.74, 6) is -2.11. The number of hydrogen-bond acceptors (Lipinski definition) is 4. The molecule has 0 radical (unpaired) electrons. The van der Waals surface area contributed by atoms with Crippen molar-refractivity contribution in [2.45, 2.75) is 13.8 Å². The van der Waals surface area contributed by atoms with Crippen LogP contribution in [0.4, 0.5) is 17.1 Å². The van der Waals surface area contributed by atoms with Crippen molar-refractivity contribution >= 4 is 34.8 Å². The Morgan fingerprint density at radius 2 is 1.45 bits per heavy atom. The number of rotatable bonds is 4. The van der Waals surface area contributed by atoms with Crippen LogP contribution in [-0.2, 0) is 0 Å². The zero-order chi connectivity index (χ0) is 20.7. The molecule has 0 saturated carbocycles. The number of amides is 2. The molecule has 1 heterocycles. The summed E-state index contributed by atoms with van der Waals surface area (Å²) in [6.45, 7) is 3.87. The van der Waals surface area contributed by atoms with Gasteiger partial charge in [0.15, 0.2) is 0 Å². The number of carbonyl (C=O) groups is 3. The molecule has 0 saturated heterocycles. The van der Waals surface area contributed by atoms with Gasteiger partial charge in [0, 0.05) is 5.69 Å². The summed E-state index contributed by atoms with van der Waals surface area (Å²) in [5.41, 5.74) is 3.65. The summed E-state index contributed by atoms with van der Waals surface area (Å²) >= 11 is 0. The van der Waals surface area contributed by atoms with Crippen LogP contribution in [0.3, 0.4) is 0 Å². The fourth-order valence-electron chi connectivity index (χ4n) is 3.64. The Morgan fingerprint density at radius 1 is 0.862 bits per heavy atom. The maximum atomic E-state index is 12.9. The van der Waals surface area contributed by atoms with Crippen molar-refractivity contribution in [1.82, 2.24) is 0 Å². The number of carboxylic acid groups (broad SMARTS) is 1. The van der Waals surface area contributed by atoms with Crippen molar-refractivity contribution in [1.29, 1.82) is 0 Å². The van der Waals surface area contributed by atoms with Crippen molar-refractivity contribution < 1.29 is 19.5 Å². The number of hydrogen-bond donors (Lipinski definition) is 2. The molecular weight excluding hydrogens is 368 g/mol. The molecule has 0 spiro atoms. The predicted octanol–water partition coefficient (Wildman–Crippen LogP) is 4.55. The number of aromatic carboxylic acids is 1. The fraction of sp³-hybridized carbons (Fsp3) is 0.0870. The fourth-order valence-corrected chi connectivity index (χ4v) is 3.64. The van der Waals surface area contributed by atoms with Gasteiger partial charge in [-0.15, -0.1) is 0 Å². The summed E-state index contributed by atoms with van der Waals surface area (Å²) in [4.78, 5) is 38.8. The summed E-state index contributed by atoms with van der Waals surface area (Å²) in [7, 11) is 0. The number of nitrogens with one attached hydrogen (secondary N) is 1. The molecule has 29 heavy (non-hydrogen) atoms. The van der Waals surface area contributed by atoms with E-state index in [9.17, 15) is 19.5 Å². The van der Waals surface area contributed by atoms with E-state index in [0.717, 1.165) is 16.0 Å². The Bertz CT molecular complexity index is 1130. The monoisotopic (exact) mass is 386 g/mol. The molecular formula is C23H18N2O4. The highest BCUT2D eigenvalue weighted by Crippen LogP contribution is 2.37. The topological polar surface area (TPSA) is 86.7 Å². The van der Waals surface area contributed by atoms with Crippen LogP contribution in [0.5, 0.6) is 0 Å². The van der Waals surface area contributed by atoms with Gasteiger partial charge in [0.05, 0.1) is 28.1 Å². The Labute approximate surface area is 167 Å². The molecule has 6 heteroatoms. The number of carboxylic acids is 1. The summed E-state index contributed by atoms with van der Waals surface area (Å²) < 4.78 is 0. The number of nitrogens with zero attached hydrogens (tertiary/aromatic N) is 1. The van der Waals surface area contributed by atoms with Gasteiger partial charge in [0.1, 0.15) is 0 Å². The zero-order valence-electron chi connectivity index (χ0n) is 15.9. The summed E-state index contributed by atoms with van der Waals surface area (Å²) in [6, 6.07) is 16.8. The highest BCUT2D eigenvalue weighted by molar-refractivity contribution is 6.35. The van der Waals surface area contributed by atoms with Gasteiger partial charge in [0.2, 0.25) is 0 Å². The van der Waals surface area contributed by atoms with Gasteiger partial charge in [-0.2, -0.15) is 0 Å². The van der Waals surface area contributed by atoms with E-state index in [0.29, 0.717) is 16.8 Å². The van der Waals surface area contributed by atoms with E-state index >= 15 is 0 Å². The van der Waals surface area contributed by atoms with Crippen LogP contribution in [0.25, 0.3) is 0 Å². The number of carbonyl (C=O) groups excluding carboxylic acids is 2. The Morgan fingerprint density at radius 3 is 2.00 bits per heavy atom. The van der Waals surface area contributed by atoms with Gasteiger partial charge in [-0.3, -0.25) is 9.59 Å². The molecule has 0 unspecified atom stereocenters. The highest BCUT2D eigenvalue weighted by Gasteiger charge is 2.38. The van der Waals surface area contributed by atoms with Gasteiger partial charge >= 0.3 is 5.97 Å². The van der Waals surface area contributed by atoms with E-state index < -0.39 is 17.8 Å². The van der Waals surface area contributed by atoms with Crippen LogP contribution in [-0.4, -0.2) is 22.9 Å². The number of fused-ring (bicyclic) bond motifs is 1. The molecule has 0 atom stereocenters. The molecule has 6 nitrogen and oxygen atoms in total. The van der Waals surface area contributed by atoms with Gasteiger partial charge in [-0.1, -0.05) is 24.3 Å². The van der Waals surface area contributed by atoms with Crippen LogP contribution in [0.1, 0.15) is 42.2 Å². The molecule has 1 aliphatic rings. The second-order valence-corrected chi connectivity index (χ2v) is 7.00. The molecule has 144 valence electrons. The molecule has 2 N–H and O–H groups in total. The average molecular weight is 386 g/mol. The van der Waals surface area contributed by atoms with Crippen molar-refractivity contribution in [2.24, 2.45) is 0 Å². The van der Waals surface area contributed by atoms with Gasteiger partial charge in [-0.05, 0) is 61.4 Å². The smallest absolute Gasteiger partial charge is 0.337 e. The largest absolute Gasteiger partial charge is 0.478 e. The van der Waals surface area contributed by atoms with Crippen LogP contribution in [0.15, 0.2) is 60.7 Å². The highest BCUT2D eigenvalue weighted by atomic mass is 16.4. The van der Waals surface area contributed by atoms with Crippen molar-refractivity contribution in [3.63, 3.8) is 0 Å². The molecule has 1 aliphatic heterocycles. The molecule has 0 aromatic heterocycles. The number of para-hydroxylation sites is 1. The van der Waals surface area contributed by atoms with Crippen molar-refractivity contribution in [2.75, 3.05) is 10.2 Å². The second kappa shape index (κ2) is 6.91. The molecule has 0 fully saturated rings. The number of imide groups is 1. The number of anilines is 3. The van der Waals surface area contributed by atoms with Crippen molar-refractivity contribution in [3.8, 4) is 0 Å². The first-order valence-electron chi connectivity index (χ1n) is 9.06. The van der Waals surface area contributed by atoms with E-state index in [1.807, 2.05) is 32.0 Å². The van der Waals surface area contributed by atoms with Crippen LogP contribution in [0.2, 0.25) is 0 Å². The van der Waals surface area contributed by atoms with Gasteiger partial charge in [0.25, 0.3) is 11.8 Å². The first kappa shape index (κ1) is 18.4. The lowest BCUT2D eigenvalue weighted by Crippen LogP contribution is -2.30. The van der Waals surface area contributed by atoms with Crippen LogP contribution >= 0.6 is 0 Å². The first-order chi connectivity index (χ1) is 13.9. The molecule has 0 aliphatic carbocycles. The minimum absolute atomic E-state index is 0.0294. The lowest BCUT2D eigenvalue weighted by atomic mass is 10.1. The van der Waals surface area contributed by atoms with E-state index in [-0.39, 0.29) is 16.9 Å². The SMILES string of the molecule is Cc1cc(C)cc(Nc2c(C(=O)O)cccc2N2C(=O)c3ccccc3C2=O)c1. The summed E-state index contributed by atoms with van der Waals surface area (Å²) in [6.07, 6.45) is 0. The lowest BCUT2D eigenvalue weighted by Gasteiger charge is -2.21. The first-order valence-corrected chi connectivity index (χ1v) is 9.06. The standard InChI is InChI=1S/C23H18N2O4/c1-13-10-14(2)12-15(11-13)24-20-18(23(28)29)8-5-9-19(20)25-21(26)16-6-3-4-7-17(16)22(25)27/h3-12,24H,1-2H3,(H,28,29). The van der Waals surface area contributed by atoms with Crippen molar-refractivity contribution in [3.05, 3.63) is 88.5 Å². The number of benzene rings is 3. The Balaban J connectivity index is 1.87. The Hall–Kier alpha value is -3.93. The van der Waals surface area contributed by atoms with E-state index in [2.05, 4.69) is 5.32 Å². The minimum atomic E-state index is -1.16. The maximum absolute atomic E-state index is 12.9. The molecule has 0 bridgehead atoms. The normalized spacial score (nSPS) is 12.8. The third kappa shape index (κ3) is 3.14. The maximum Gasteiger partial charge on any atom is 0.337 e. The summed E-state index contributed by atoms with van der Waals surface area (Å²) in [5, 5.41) is 12.8. The van der Waals surface area contributed by atoms with Crippen LogP contribution < -0.4 is 10.2 Å².